The van der Waals surface area contributed by atoms with E-state index >= 15 is 0 Å². The van der Waals surface area contributed by atoms with Gasteiger partial charge in [-0.25, -0.2) is 4.79 Å². The maximum atomic E-state index is 11.3. The van der Waals surface area contributed by atoms with Gasteiger partial charge in [-0.15, -0.1) is 11.6 Å². The van der Waals surface area contributed by atoms with Crippen LogP contribution in [0.5, 0.6) is 0 Å². The highest BCUT2D eigenvalue weighted by molar-refractivity contribution is 6.15. The first-order chi connectivity index (χ1) is 13.2. The number of nitrogens with two attached hydrogens (primary N) is 1. The number of carbonyl (C=O) groups excluding carboxylic acids is 2. The third-order valence-corrected chi connectivity index (χ3v) is 2.69. The van der Waals surface area contributed by atoms with E-state index in [4.69, 9.17) is 10.5 Å². The molecule has 0 heterocycles. The molecule has 1 aromatic rings. The van der Waals surface area contributed by atoms with Gasteiger partial charge in [0.1, 0.15) is 5.60 Å². The summed E-state index contributed by atoms with van der Waals surface area (Å²) >= 11 is 4.64. The molecule has 6 nitrogen and oxygen atoms in total. The molecule has 0 spiro atoms. The molecule has 0 aliphatic carbocycles. The molecule has 4 N–H and O–H groups in total. The van der Waals surface area contributed by atoms with E-state index in [0.29, 0.717) is 13.1 Å². The van der Waals surface area contributed by atoms with E-state index in [0.717, 1.165) is 12.8 Å². The third-order valence-electron chi connectivity index (χ3n) is 2.69. The van der Waals surface area contributed by atoms with Crippen LogP contribution < -0.4 is 16.4 Å². The van der Waals surface area contributed by atoms with E-state index in [1.165, 1.54) is 11.9 Å². The number of amides is 2. The van der Waals surface area contributed by atoms with E-state index in [1.807, 2.05) is 32.0 Å². The van der Waals surface area contributed by atoms with Crippen LogP contribution in [0.2, 0.25) is 0 Å². The van der Waals surface area contributed by atoms with Crippen molar-refractivity contribution in [3.63, 3.8) is 0 Å². The van der Waals surface area contributed by atoms with Gasteiger partial charge >= 0.3 is 6.09 Å². The minimum absolute atomic E-state index is 0.0719. The fraction of sp³-hybridized carbons (Fsp3) is 0.619. The average Bonchev–Trinajstić information content (AvgIpc) is 2.67. The molecule has 0 aromatic heterocycles. The van der Waals surface area contributed by atoms with E-state index in [1.54, 1.807) is 20.8 Å². The molecule has 7 heteroatoms. The molecule has 28 heavy (non-hydrogen) atoms. The van der Waals surface area contributed by atoms with Crippen LogP contribution in [0.25, 0.3) is 0 Å². The summed E-state index contributed by atoms with van der Waals surface area (Å²) in [5.41, 5.74) is 6.08. The first-order valence-electron chi connectivity index (χ1n) is 9.57. The molecule has 0 aliphatic rings. The monoisotopic (exact) mass is 417 g/mol. The minimum atomic E-state index is -0.588. The average molecular weight is 418 g/mol. The maximum absolute atomic E-state index is 11.3. The zero-order chi connectivity index (χ0) is 22.4. The van der Waals surface area contributed by atoms with Crippen molar-refractivity contribution in [1.29, 1.82) is 0 Å². The number of unbranched alkanes of at least 4 members (excludes halogenated alkanes) is 1. The zero-order valence-electron chi connectivity index (χ0n) is 18.6. The summed E-state index contributed by atoms with van der Waals surface area (Å²) in [6.07, 6.45) is 2.60. The predicted octanol–water partition coefficient (Wildman–Crippen LogP) is 4.24. The fourth-order valence-corrected chi connectivity index (χ4v) is 1.56. The fourth-order valence-electron chi connectivity index (χ4n) is 1.56. The molecule has 0 bridgehead atoms. The van der Waals surface area contributed by atoms with Gasteiger partial charge in [0.25, 0.3) is 0 Å². The van der Waals surface area contributed by atoms with Gasteiger partial charge in [0.15, 0.2) is 0 Å². The number of benzene rings is 1. The number of ether oxygens (including phenoxy) is 1. The van der Waals surface area contributed by atoms with Crippen molar-refractivity contribution in [2.24, 2.45) is 5.73 Å². The van der Waals surface area contributed by atoms with Crippen molar-refractivity contribution < 1.29 is 14.3 Å². The Morgan fingerprint density at radius 3 is 1.96 bits per heavy atom. The summed E-state index contributed by atoms with van der Waals surface area (Å²) in [5.74, 6) is -0.229. The second-order valence-electron chi connectivity index (χ2n) is 6.36. The number of hydrogen-bond acceptors (Lipinski definition) is 4. The van der Waals surface area contributed by atoms with Gasteiger partial charge in [-0.05, 0) is 47.1 Å². The number of alkyl halides is 1. The Balaban J connectivity index is -0.000000466. The standard InChI is InChI=1S/C11H23N3O3.C7H8.C2H6.CH3Cl/c1-11(2,3)17-10(16)14-8-9(15)13-7-5-4-6-12;1-7-5-3-2-4-6-7;2*1-2/h4-8,12H2,1-3H3,(H,13,15)(H,14,16);2-6H,1H3;1-2H3;1H3. The van der Waals surface area contributed by atoms with Gasteiger partial charge in [0.05, 0.1) is 6.54 Å². The second kappa shape index (κ2) is 21.5. The highest BCUT2D eigenvalue weighted by Crippen LogP contribution is 2.05. The maximum Gasteiger partial charge on any atom is 0.408 e. The summed E-state index contributed by atoms with van der Waals surface area (Å²) in [5, 5.41) is 5.05. The Kier molecular flexibility index (Phi) is 23.8. The van der Waals surface area contributed by atoms with Gasteiger partial charge in [0.2, 0.25) is 5.91 Å². The summed E-state index contributed by atoms with van der Waals surface area (Å²) in [6.45, 7) is 12.5. The summed E-state index contributed by atoms with van der Waals surface area (Å²) in [7, 11) is 0. The molecule has 1 aromatic carbocycles. The smallest absolute Gasteiger partial charge is 0.408 e. The highest BCUT2D eigenvalue weighted by Gasteiger charge is 2.16. The molecular weight excluding hydrogens is 378 g/mol. The Morgan fingerprint density at radius 1 is 1.04 bits per heavy atom. The Hall–Kier alpha value is -1.79. The number of rotatable bonds is 6. The van der Waals surface area contributed by atoms with Crippen LogP contribution in [0, 0.1) is 6.92 Å². The van der Waals surface area contributed by atoms with E-state index in [-0.39, 0.29) is 12.5 Å². The van der Waals surface area contributed by atoms with Crippen LogP contribution in [0.4, 0.5) is 4.79 Å². The first kappa shape index (κ1) is 30.9. The molecular formula is C21H40ClN3O3. The van der Waals surface area contributed by atoms with Crippen LogP contribution >= 0.6 is 11.6 Å². The van der Waals surface area contributed by atoms with Gasteiger partial charge in [-0.1, -0.05) is 49.7 Å². The summed E-state index contributed by atoms with van der Waals surface area (Å²) in [6, 6.07) is 10.3. The van der Waals surface area contributed by atoms with Gasteiger partial charge in [-0.3, -0.25) is 4.79 Å². The van der Waals surface area contributed by atoms with Crippen LogP contribution in [-0.2, 0) is 9.53 Å². The van der Waals surface area contributed by atoms with E-state index in [2.05, 4.69) is 41.3 Å². The van der Waals surface area contributed by atoms with Crippen LogP contribution in [0.3, 0.4) is 0 Å². The Bertz CT molecular complexity index is 478. The van der Waals surface area contributed by atoms with Crippen molar-refractivity contribution >= 4 is 23.6 Å². The van der Waals surface area contributed by atoms with Gasteiger partial charge < -0.3 is 21.1 Å². The molecule has 2 amide bonds. The van der Waals surface area contributed by atoms with Crippen molar-refractivity contribution in [3.8, 4) is 0 Å². The first-order valence-corrected chi connectivity index (χ1v) is 10.3. The van der Waals surface area contributed by atoms with E-state index < -0.39 is 11.7 Å². The molecule has 0 unspecified atom stereocenters. The predicted molar refractivity (Wildman–Crippen MR) is 120 cm³/mol. The van der Waals surface area contributed by atoms with Crippen molar-refractivity contribution in [1.82, 2.24) is 10.6 Å². The van der Waals surface area contributed by atoms with Gasteiger partial charge in [-0.2, -0.15) is 0 Å². The quantitative estimate of drug-likeness (QED) is 0.476. The van der Waals surface area contributed by atoms with Crippen LogP contribution in [-0.4, -0.2) is 43.6 Å². The normalized spacial score (nSPS) is 9.18. The largest absolute Gasteiger partial charge is 0.444 e. The number of alkyl carbamates (subject to hydrolysis) is 1. The highest BCUT2D eigenvalue weighted by atomic mass is 35.5. The number of halogens is 1. The zero-order valence-corrected chi connectivity index (χ0v) is 19.4. The minimum Gasteiger partial charge on any atom is -0.444 e. The third kappa shape index (κ3) is 26.4. The molecule has 164 valence electrons. The molecule has 0 radical (unpaired) electrons. The van der Waals surface area contributed by atoms with Crippen molar-refractivity contribution in [2.75, 3.05) is 26.0 Å². The second-order valence-corrected chi connectivity index (χ2v) is 6.36. The molecule has 0 fully saturated rings. The number of carbonyl (C=O) groups is 2. The van der Waals surface area contributed by atoms with E-state index in [9.17, 15) is 9.59 Å². The lowest BCUT2D eigenvalue weighted by atomic mass is 10.2. The molecule has 0 atom stereocenters. The molecule has 0 aliphatic heterocycles. The number of aryl methyl sites for hydroxylation is 1. The van der Waals surface area contributed by atoms with Gasteiger partial charge in [0, 0.05) is 12.9 Å². The molecule has 0 saturated carbocycles. The topological polar surface area (TPSA) is 93.4 Å². The molecule has 0 saturated heterocycles. The number of nitrogens with one attached hydrogen (secondary N) is 2. The lowest BCUT2D eigenvalue weighted by Gasteiger charge is -2.19. The van der Waals surface area contributed by atoms with Crippen LogP contribution in [0.15, 0.2) is 30.3 Å². The summed E-state index contributed by atoms with van der Waals surface area (Å²) < 4.78 is 4.98. The molecule has 1 rings (SSSR count). The van der Waals surface area contributed by atoms with Crippen molar-refractivity contribution in [3.05, 3.63) is 35.9 Å². The lowest BCUT2D eigenvalue weighted by molar-refractivity contribution is -0.120. The lowest BCUT2D eigenvalue weighted by Crippen LogP contribution is -2.40. The van der Waals surface area contributed by atoms with Crippen molar-refractivity contribution in [2.45, 2.75) is 60.0 Å². The summed E-state index contributed by atoms with van der Waals surface area (Å²) in [4.78, 5) is 22.5. The number of hydrogen-bond donors (Lipinski definition) is 3. The Morgan fingerprint density at radius 2 is 1.57 bits per heavy atom. The SMILES string of the molecule is CC.CC(C)(C)OC(=O)NCC(=O)NCCCCN.CCl.Cc1ccccc1. The Labute approximate surface area is 176 Å². The van der Waals surface area contributed by atoms with Crippen LogP contribution in [0.1, 0.15) is 53.0 Å².